The van der Waals surface area contributed by atoms with E-state index in [4.69, 9.17) is 0 Å². The summed E-state index contributed by atoms with van der Waals surface area (Å²) in [6.45, 7) is 9.77. The standard InChI is InChI=1S/C39H39N3O/c1-38(2)33(41-31-23-21-27-15-11-13-17-29(27)36(31)38)19-9-7-6-8-10-20-34-39(3,4)37-30-18-14-12-16-28(30)22-24-32(37)42(34)26-25-35(43)40-5/h6-24H,25-26H2,1-5H3,(H,40,43)/p+1. The Morgan fingerprint density at radius 2 is 1.40 bits per heavy atom. The number of allylic oxidation sites excluding steroid dienone is 8. The summed E-state index contributed by atoms with van der Waals surface area (Å²) < 4.78 is 2.32. The topological polar surface area (TPSA) is 44.1 Å². The third-order valence-corrected chi connectivity index (χ3v) is 9.05. The molecule has 4 aromatic rings. The van der Waals surface area contributed by atoms with Crippen molar-refractivity contribution in [2.45, 2.75) is 44.9 Å². The number of anilines is 1. The van der Waals surface area contributed by atoms with E-state index in [-0.39, 0.29) is 16.7 Å². The Bertz CT molecular complexity index is 1900. The molecule has 2 N–H and O–H groups in total. The second-order valence-electron chi connectivity index (χ2n) is 12.4. The summed E-state index contributed by atoms with van der Waals surface area (Å²) in [4.78, 5) is 12.2. The van der Waals surface area contributed by atoms with Crippen molar-refractivity contribution in [3.05, 3.63) is 132 Å². The lowest BCUT2D eigenvalue weighted by molar-refractivity contribution is -0.436. The van der Waals surface area contributed by atoms with Crippen LogP contribution in [0.4, 0.5) is 11.4 Å². The van der Waals surface area contributed by atoms with E-state index in [1.807, 2.05) is 0 Å². The number of fused-ring (bicyclic) bond motifs is 6. The molecule has 0 aliphatic carbocycles. The second-order valence-corrected chi connectivity index (χ2v) is 12.4. The predicted octanol–water partition coefficient (Wildman–Crippen LogP) is 8.46. The Labute approximate surface area is 254 Å². The molecule has 0 radical (unpaired) electrons. The van der Waals surface area contributed by atoms with Crippen molar-refractivity contribution in [3.8, 4) is 0 Å². The molecule has 216 valence electrons. The zero-order valence-electron chi connectivity index (χ0n) is 25.7. The third kappa shape index (κ3) is 5.01. The highest BCUT2D eigenvalue weighted by molar-refractivity contribution is 6.07. The van der Waals surface area contributed by atoms with Gasteiger partial charge < -0.3 is 10.6 Å². The first-order chi connectivity index (χ1) is 20.7. The molecule has 4 heteroatoms. The Morgan fingerprint density at radius 1 is 0.767 bits per heavy atom. The van der Waals surface area contributed by atoms with Gasteiger partial charge in [0.05, 0.1) is 11.8 Å². The average molecular weight is 567 g/mol. The molecule has 2 aliphatic rings. The molecule has 4 nitrogen and oxygen atoms in total. The van der Waals surface area contributed by atoms with Gasteiger partial charge in [0.25, 0.3) is 0 Å². The Kier molecular flexibility index (Phi) is 7.39. The van der Waals surface area contributed by atoms with Crippen molar-refractivity contribution in [3.63, 3.8) is 0 Å². The van der Waals surface area contributed by atoms with Crippen molar-refractivity contribution in [2.75, 3.05) is 18.9 Å². The Morgan fingerprint density at radius 3 is 2.12 bits per heavy atom. The highest BCUT2D eigenvalue weighted by Gasteiger charge is 2.45. The molecule has 4 aromatic carbocycles. The zero-order valence-corrected chi connectivity index (χ0v) is 25.7. The monoisotopic (exact) mass is 566 g/mol. The molecule has 2 aliphatic heterocycles. The van der Waals surface area contributed by atoms with Crippen LogP contribution < -0.4 is 10.6 Å². The molecule has 0 fully saturated rings. The minimum Gasteiger partial charge on any atom is -0.359 e. The van der Waals surface area contributed by atoms with E-state index in [1.54, 1.807) is 7.05 Å². The molecule has 1 amide bonds. The van der Waals surface area contributed by atoms with E-state index < -0.39 is 0 Å². The number of hydrogen-bond donors (Lipinski definition) is 2. The first-order valence-corrected chi connectivity index (χ1v) is 15.1. The summed E-state index contributed by atoms with van der Waals surface area (Å²) in [5, 5.41) is 11.5. The van der Waals surface area contributed by atoms with Gasteiger partial charge in [0, 0.05) is 41.6 Å². The van der Waals surface area contributed by atoms with E-state index in [9.17, 15) is 4.79 Å². The summed E-state index contributed by atoms with van der Waals surface area (Å²) in [6.07, 6.45) is 15.2. The highest BCUT2D eigenvalue weighted by Crippen LogP contribution is 2.47. The number of benzene rings is 4. The molecule has 0 unspecified atom stereocenters. The zero-order chi connectivity index (χ0) is 30.2. The van der Waals surface area contributed by atoms with E-state index >= 15 is 0 Å². The fourth-order valence-corrected chi connectivity index (χ4v) is 6.84. The molecule has 0 bridgehead atoms. The maximum Gasteiger partial charge on any atom is 0.226 e. The van der Waals surface area contributed by atoms with Gasteiger partial charge in [-0.25, -0.2) is 0 Å². The van der Waals surface area contributed by atoms with E-state index in [2.05, 4.69) is 158 Å². The lowest BCUT2D eigenvalue weighted by atomic mass is 9.79. The quantitative estimate of drug-likeness (QED) is 0.174. The number of rotatable bonds is 7. The van der Waals surface area contributed by atoms with Gasteiger partial charge in [-0.2, -0.15) is 4.58 Å². The molecular weight excluding hydrogens is 526 g/mol. The molecular formula is C39H40N3O+. The summed E-state index contributed by atoms with van der Waals surface area (Å²) in [7, 11) is 1.70. The average Bonchev–Trinajstić information content (AvgIpc) is 3.40. The fraction of sp³-hybridized carbons (Fsp3) is 0.231. The van der Waals surface area contributed by atoms with Crippen molar-refractivity contribution in [1.29, 1.82) is 0 Å². The normalized spacial score (nSPS) is 17.9. The number of hydrogen-bond acceptors (Lipinski definition) is 2. The van der Waals surface area contributed by atoms with E-state index in [0.717, 1.165) is 0 Å². The number of amides is 1. The SMILES string of the molecule is CNC(=O)CC[N+]1=C(C=CC=CC=CC=C2Nc3ccc4ccccc4c3C2(C)C)C(C)(C)c2c1ccc1ccccc21. The maximum atomic E-state index is 12.2. The van der Waals surface area contributed by atoms with Crippen LogP contribution in [-0.2, 0) is 15.6 Å². The van der Waals surface area contributed by atoms with Gasteiger partial charge in [0.2, 0.25) is 11.6 Å². The lowest BCUT2D eigenvalue weighted by Gasteiger charge is -2.21. The smallest absolute Gasteiger partial charge is 0.226 e. The fourth-order valence-electron chi connectivity index (χ4n) is 6.84. The van der Waals surface area contributed by atoms with Gasteiger partial charge >= 0.3 is 0 Å². The molecule has 0 saturated heterocycles. The van der Waals surface area contributed by atoms with E-state index in [0.29, 0.717) is 13.0 Å². The minimum absolute atomic E-state index is 0.0470. The van der Waals surface area contributed by atoms with Crippen molar-refractivity contribution < 1.29 is 9.37 Å². The van der Waals surface area contributed by atoms with Gasteiger partial charge in [-0.15, -0.1) is 0 Å². The minimum atomic E-state index is -0.206. The first-order valence-electron chi connectivity index (χ1n) is 15.1. The number of carbonyl (C=O) groups is 1. The Balaban J connectivity index is 1.23. The van der Waals surface area contributed by atoms with Crippen LogP contribution in [0.2, 0.25) is 0 Å². The lowest BCUT2D eigenvalue weighted by Crippen LogP contribution is -2.29. The van der Waals surface area contributed by atoms with Crippen molar-refractivity contribution in [1.82, 2.24) is 5.32 Å². The van der Waals surface area contributed by atoms with Crippen LogP contribution in [0.25, 0.3) is 21.5 Å². The van der Waals surface area contributed by atoms with Crippen LogP contribution in [0.3, 0.4) is 0 Å². The first kappa shape index (κ1) is 28.4. The Hall–Kier alpha value is -4.70. The second kappa shape index (κ2) is 11.2. The molecule has 0 aromatic heterocycles. The van der Waals surface area contributed by atoms with Crippen LogP contribution in [0, 0.1) is 0 Å². The van der Waals surface area contributed by atoms with Crippen LogP contribution >= 0.6 is 0 Å². The summed E-state index contributed by atoms with van der Waals surface area (Å²) in [6, 6.07) is 26.0. The molecule has 0 spiro atoms. The van der Waals surface area contributed by atoms with Crippen LogP contribution in [-0.4, -0.2) is 29.8 Å². The van der Waals surface area contributed by atoms with Gasteiger partial charge in [-0.1, -0.05) is 98.8 Å². The van der Waals surface area contributed by atoms with Gasteiger partial charge in [0.1, 0.15) is 0 Å². The molecule has 0 saturated carbocycles. The molecule has 6 rings (SSSR count). The van der Waals surface area contributed by atoms with Crippen LogP contribution in [0.5, 0.6) is 0 Å². The predicted molar refractivity (Wildman–Crippen MR) is 182 cm³/mol. The van der Waals surface area contributed by atoms with Crippen LogP contribution in [0.15, 0.2) is 121 Å². The highest BCUT2D eigenvalue weighted by atomic mass is 16.1. The van der Waals surface area contributed by atoms with E-state index in [1.165, 1.54) is 55.5 Å². The molecule has 43 heavy (non-hydrogen) atoms. The summed E-state index contributed by atoms with van der Waals surface area (Å²) in [5.74, 6) is 0.0470. The van der Waals surface area contributed by atoms with Gasteiger partial charge in [-0.05, 0) is 59.2 Å². The molecule has 2 heterocycles. The number of carbonyl (C=O) groups excluding carboxylic acids is 1. The summed E-state index contributed by atoms with van der Waals surface area (Å²) >= 11 is 0. The maximum absolute atomic E-state index is 12.2. The van der Waals surface area contributed by atoms with Crippen molar-refractivity contribution >= 4 is 44.5 Å². The molecule has 0 atom stereocenters. The van der Waals surface area contributed by atoms with Crippen LogP contribution in [0.1, 0.15) is 45.2 Å². The number of nitrogens with zero attached hydrogens (tertiary/aromatic N) is 1. The van der Waals surface area contributed by atoms with Gasteiger partial charge in [0.15, 0.2) is 12.3 Å². The van der Waals surface area contributed by atoms with Crippen molar-refractivity contribution in [2.24, 2.45) is 0 Å². The third-order valence-electron chi connectivity index (χ3n) is 9.05. The van der Waals surface area contributed by atoms with Gasteiger partial charge in [-0.3, -0.25) is 4.79 Å². The number of nitrogens with one attached hydrogen (secondary N) is 2. The largest absolute Gasteiger partial charge is 0.359 e. The summed E-state index contributed by atoms with van der Waals surface area (Å²) in [5.41, 5.74) is 7.12.